The fourth-order valence-corrected chi connectivity index (χ4v) is 4.34. The van der Waals surface area contributed by atoms with Crippen molar-refractivity contribution in [2.45, 2.75) is 110 Å². The van der Waals surface area contributed by atoms with Gasteiger partial charge in [0.05, 0.1) is 12.4 Å². The van der Waals surface area contributed by atoms with E-state index in [1.54, 1.807) is 11.8 Å². The Labute approximate surface area is 195 Å². The lowest BCUT2D eigenvalue weighted by Crippen LogP contribution is -2.18. The van der Waals surface area contributed by atoms with E-state index < -0.39 is 0 Å². The summed E-state index contributed by atoms with van der Waals surface area (Å²) in [5.41, 5.74) is 2.79. The molecule has 0 bridgehead atoms. The Hall–Kier alpha value is -1.16. The van der Waals surface area contributed by atoms with Crippen molar-refractivity contribution in [2.75, 3.05) is 12.4 Å². The maximum Gasteiger partial charge on any atom is 0.315 e. The molecule has 0 aliphatic heterocycles. The fourth-order valence-electron chi connectivity index (χ4n) is 3.59. The summed E-state index contributed by atoms with van der Waals surface area (Å²) in [5, 5.41) is 10.8. The first-order chi connectivity index (χ1) is 14.3. The monoisotopic (exact) mass is 450 g/mol. The van der Waals surface area contributed by atoms with Gasteiger partial charge in [0.2, 0.25) is 0 Å². The second kappa shape index (κ2) is 12.8. The molecule has 0 spiro atoms. The third-order valence-electron chi connectivity index (χ3n) is 5.46. The SMILES string of the molecule is CC(C)CCCCCCCOC(=O)CSCc1cc(C(C)(C)C)c(O)c(C(C)(C)C)c1. The van der Waals surface area contributed by atoms with Crippen molar-refractivity contribution >= 4 is 17.7 Å². The molecule has 1 aromatic carbocycles. The van der Waals surface area contributed by atoms with Crippen LogP contribution < -0.4 is 0 Å². The quantitative estimate of drug-likeness (QED) is 0.261. The van der Waals surface area contributed by atoms with Crippen molar-refractivity contribution in [3.05, 3.63) is 28.8 Å². The van der Waals surface area contributed by atoms with Gasteiger partial charge in [0.15, 0.2) is 0 Å². The zero-order chi connectivity index (χ0) is 23.7. The molecule has 1 aromatic rings. The van der Waals surface area contributed by atoms with Crippen molar-refractivity contribution in [1.82, 2.24) is 0 Å². The second-order valence-electron chi connectivity index (χ2n) is 11.2. The van der Waals surface area contributed by atoms with E-state index in [2.05, 4.69) is 67.5 Å². The number of carbonyl (C=O) groups is 1. The normalized spacial score (nSPS) is 12.4. The number of esters is 1. The minimum atomic E-state index is -0.140. The number of thioether (sulfide) groups is 1. The van der Waals surface area contributed by atoms with E-state index in [0.29, 0.717) is 18.1 Å². The zero-order valence-electron chi connectivity index (χ0n) is 21.3. The third-order valence-corrected chi connectivity index (χ3v) is 6.44. The molecule has 0 unspecified atom stereocenters. The fraction of sp³-hybridized carbons (Fsp3) is 0.741. The van der Waals surface area contributed by atoms with Crippen LogP contribution in [0.5, 0.6) is 5.75 Å². The Morgan fingerprint density at radius 1 is 0.935 bits per heavy atom. The van der Waals surface area contributed by atoms with Crippen molar-refractivity contribution in [3.8, 4) is 5.75 Å². The maximum absolute atomic E-state index is 12.1. The second-order valence-corrected chi connectivity index (χ2v) is 12.2. The summed E-state index contributed by atoms with van der Waals surface area (Å²) in [7, 11) is 0. The van der Waals surface area contributed by atoms with Gasteiger partial charge in [-0.25, -0.2) is 0 Å². The van der Waals surface area contributed by atoms with Crippen LogP contribution >= 0.6 is 11.8 Å². The summed E-state index contributed by atoms with van der Waals surface area (Å²) in [4.78, 5) is 12.1. The predicted octanol–water partition coefficient (Wildman–Crippen LogP) is 7.76. The molecule has 0 aliphatic carbocycles. The van der Waals surface area contributed by atoms with Gasteiger partial charge in [0.25, 0.3) is 0 Å². The number of phenolic OH excluding ortho intramolecular Hbond substituents is 1. The zero-order valence-corrected chi connectivity index (χ0v) is 22.1. The van der Waals surface area contributed by atoms with Crippen LogP contribution in [0.15, 0.2) is 12.1 Å². The van der Waals surface area contributed by atoms with Crippen molar-refractivity contribution in [1.29, 1.82) is 0 Å². The standard InChI is InChI=1S/C27H46O3S/c1-20(2)14-12-10-9-11-13-15-30-24(28)19-31-18-21-16-22(26(3,4)5)25(29)23(17-21)27(6,7)8/h16-17,20,29H,9-15,18-19H2,1-8H3. The van der Waals surface area contributed by atoms with Gasteiger partial charge in [-0.15, -0.1) is 11.8 Å². The summed E-state index contributed by atoms with van der Waals surface area (Å²) in [6, 6.07) is 4.17. The highest BCUT2D eigenvalue weighted by molar-refractivity contribution is 7.99. The Kier molecular flexibility index (Phi) is 11.5. The number of hydrogen-bond donors (Lipinski definition) is 1. The molecule has 0 atom stereocenters. The largest absolute Gasteiger partial charge is 0.507 e. The van der Waals surface area contributed by atoms with E-state index in [0.717, 1.165) is 41.2 Å². The minimum absolute atomic E-state index is 0.129. The van der Waals surface area contributed by atoms with Gasteiger partial charge in [-0.05, 0) is 39.9 Å². The molecule has 0 amide bonds. The molecule has 1 N–H and O–H groups in total. The lowest BCUT2D eigenvalue weighted by molar-refractivity contribution is -0.140. The maximum atomic E-state index is 12.1. The molecule has 0 heterocycles. The van der Waals surface area contributed by atoms with Gasteiger partial charge in [0, 0.05) is 5.75 Å². The van der Waals surface area contributed by atoms with Crippen LogP contribution in [0.3, 0.4) is 0 Å². The summed E-state index contributed by atoms with van der Waals surface area (Å²) in [5.74, 6) is 2.16. The van der Waals surface area contributed by atoms with Crippen molar-refractivity contribution < 1.29 is 14.6 Å². The number of benzene rings is 1. The van der Waals surface area contributed by atoms with Crippen LogP contribution in [0.4, 0.5) is 0 Å². The number of ether oxygens (including phenoxy) is 1. The highest BCUT2D eigenvalue weighted by Gasteiger charge is 2.26. The molecule has 178 valence electrons. The summed E-state index contributed by atoms with van der Waals surface area (Å²) < 4.78 is 5.40. The van der Waals surface area contributed by atoms with E-state index in [-0.39, 0.29) is 16.8 Å². The van der Waals surface area contributed by atoms with Crippen LogP contribution in [0.2, 0.25) is 0 Å². The molecule has 0 aliphatic rings. The highest BCUT2D eigenvalue weighted by Crippen LogP contribution is 2.40. The average molecular weight is 451 g/mol. The average Bonchev–Trinajstić information content (AvgIpc) is 2.62. The van der Waals surface area contributed by atoms with Crippen molar-refractivity contribution in [3.63, 3.8) is 0 Å². The van der Waals surface area contributed by atoms with Crippen LogP contribution in [-0.4, -0.2) is 23.4 Å². The van der Waals surface area contributed by atoms with E-state index in [4.69, 9.17) is 4.74 Å². The van der Waals surface area contributed by atoms with E-state index >= 15 is 0 Å². The molecule has 0 saturated carbocycles. The summed E-state index contributed by atoms with van der Waals surface area (Å²) >= 11 is 1.58. The molecule has 31 heavy (non-hydrogen) atoms. The topological polar surface area (TPSA) is 46.5 Å². The minimum Gasteiger partial charge on any atom is -0.507 e. The van der Waals surface area contributed by atoms with Crippen LogP contribution in [-0.2, 0) is 26.1 Å². The molecule has 1 rings (SSSR count). The Bertz CT molecular complexity index is 646. The van der Waals surface area contributed by atoms with Crippen LogP contribution in [0, 0.1) is 5.92 Å². The molecular weight excluding hydrogens is 404 g/mol. The lowest BCUT2D eigenvalue weighted by atomic mass is 9.78. The number of unbranched alkanes of at least 4 members (excludes halogenated alkanes) is 4. The highest BCUT2D eigenvalue weighted by atomic mass is 32.2. The molecule has 0 saturated heterocycles. The van der Waals surface area contributed by atoms with E-state index in [1.165, 1.54) is 25.7 Å². The molecule has 3 nitrogen and oxygen atoms in total. The van der Waals surface area contributed by atoms with Gasteiger partial charge in [-0.3, -0.25) is 4.79 Å². The first kappa shape index (κ1) is 27.9. The Balaban J connectivity index is 2.45. The summed E-state index contributed by atoms with van der Waals surface area (Å²) in [6.45, 7) is 17.8. The van der Waals surface area contributed by atoms with E-state index in [1.807, 2.05) is 0 Å². The lowest BCUT2D eigenvalue weighted by Gasteiger charge is -2.28. The number of aromatic hydroxyl groups is 1. The number of phenols is 1. The first-order valence-electron chi connectivity index (χ1n) is 11.9. The smallest absolute Gasteiger partial charge is 0.315 e. The molecular formula is C27H46O3S. The van der Waals surface area contributed by atoms with Gasteiger partial charge >= 0.3 is 5.97 Å². The number of rotatable bonds is 12. The van der Waals surface area contributed by atoms with Gasteiger partial charge in [0.1, 0.15) is 5.75 Å². The van der Waals surface area contributed by atoms with Crippen LogP contribution in [0.25, 0.3) is 0 Å². The molecule has 0 radical (unpaired) electrons. The van der Waals surface area contributed by atoms with Gasteiger partial charge in [-0.2, -0.15) is 0 Å². The molecule has 4 heteroatoms. The number of hydrogen-bond acceptors (Lipinski definition) is 4. The Morgan fingerprint density at radius 2 is 1.45 bits per heavy atom. The third kappa shape index (κ3) is 10.8. The van der Waals surface area contributed by atoms with Gasteiger partial charge in [-0.1, -0.05) is 99.6 Å². The first-order valence-corrected chi connectivity index (χ1v) is 13.1. The van der Waals surface area contributed by atoms with Gasteiger partial charge < -0.3 is 9.84 Å². The Morgan fingerprint density at radius 3 is 1.97 bits per heavy atom. The number of carbonyl (C=O) groups excluding carboxylic acids is 1. The molecule has 0 fully saturated rings. The summed E-state index contributed by atoms with van der Waals surface area (Å²) in [6.07, 6.45) is 7.21. The van der Waals surface area contributed by atoms with E-state index in [9.17, 15) is 9.90 Å². The predicted molar refractivity (Wildman–Crippen MR) is 135 cm³/mol. The van der Waals surface area contributed by atoms with Crippen molar-refractivity contribution in [2.24, 2.45) is 5.92 Å². The van der Waals surface area contributed by atoms with Crippen LogP contribution in [0.1, 0.15) is 111 Å². The molecule has 0 aromatic heterocycles.